The smallest absolute Gasteiger partial charge is 0.178 e. The lowest BCUT2D eigenvalue weighted by atomic mass is 10.1. The van der Waals surface area contributed by atoms with Crippen molar-refractivity contribution in [2.45, 2.75) is 46.6 Å². The molecule has 0 amide bonds. The van der Waals surface area contributed by atoms with Crippen LogP contribution in [-0.4, -0.2) is 41.4 Å². The maximum absolute atomic E-state index is 12.5. The van der Waals surface area contributed by atoms with Gasteiger partial charge in [0.05, 0.1) is 6.54 Å². The van der Waals surface area contributed by atoms with Crippen molar-refractivity contribution < 1.29 is 9.53 Å². The topological polar surface area (TPSA) is 45.3 Å². The van der Waals surface area contributed by atoms with Crippen LogP contribution in [0.2, 0.25) is 0 Å². The van der Waals surface area contributed by atoms with E-state index in [1.54, 1.807) is 0 Å². The molecule has 0 unspecified atom stereocenters. The lowest BCUT2D eigenvalue weighted by molar-refractivity contribution is 0.0790. The number of hydrogen-bond donors (Lipinski definition) is 1. The Kier molecular flexibility index (Phi) is 5.28. The summed E-state index contributed by atoms with van der Waals surface area (Å²) in [6.07, 6.45) is 2.17. The predicted molar refractivity (Wildman–Crippen MR) is 101 cm³/mol. The van der Waals surface area contributed by atoms with Gasteiger partial charge in [-0.1, -0.05) is 6.07 Å². The number of ketones is 1. The zero-order valence-electron chi connectivity index (χ0n) is 15.7. The van der Waals surface area contributed by atoms with Gasteiger partial charge in [0.15, 0.2) is 5.78 Å². The van der Waals surface area contributed by atoms with Gasteiger partial charge in [-0.3, -0.25) is 9.69 Å². The molecule has 0 spiro atoms. The number of aryl methyl sites for hydroxylation is 4. The van der Waals surface area contributed by atoms with E-state index in [1.807, 2.05) is 19.9 Å². The predicted octanol–water partition coefficient (Wildman–Crippen LogP) is 3.97. The molecule has 1 N–H and O–H groups in total. The second-order valence-electron chi connectivity index (χ2n) is 7.25. The number of piperidine rings is 1. The average Bonchev–Trinajstić information content (AvgIpc) is 2.91. The van der Waals surface area contributed by atoms with Crippen molar-refractivity contribution in [3.05, 3.63) is 52.3 Å². The van der Waals surface area contributed by atoms with E-state index < -0.39 is 0 Å². The van der Waals surface area contributed by atoms with E-state index >= 15 is 0 Å². The minimum atomic E-state index is 0.204. The average molecular weight is 340 g/mol. The van der Waals surface area contributed by atoms with Crippen molar-refractivity contribution in [3.8, 4) is 5.75 Å². The number of carbonyl (C=O) groups excluding carboxylic acids is 1. The quantitative estimate of drug-likeness (QED) is 0.838. The highest BCUT2D eigenvalue weighted by molar-refractivity contribution is 5.98. The first kappa shape index (κ1) is 17.7. The van der Waals surface area contributed by atoms with Crippen molar-refractivity contribution in [1.29, 1.82) is 0 Å². The van der Waals surface area contributed by atoms with E-state index in [-0.39, 0.29) is 11.9 Å². The van der Waals surface area contributed by atoms with Crippen LogP contribution in [0.5, 0.6) is 5.75 Å². The molecule has 2 heterocycles. The van der Waals surface area contributed by atoms with Crippen LogP contribution in [-0.2, 0) is 0 Å². The molecule has 134 valence electrons. The molecule has 1 aliphatic rings. The number of H-pyrrole nitrogens is 1. The molecule has 0 bridgehead atoms. The summed E-state index contributed by atoms with van der Waals surface area (Å²) in [5.74, 6) is 1.16. The maximum Gasteiger partial charge on any atom is 0.178 e. The van der Waals surface area contributed by atoms with E-state index in [9.17, 15) is 4.79 Å². The van der Waals surface area contributed by atoms with Crippen LogP contribution in [0.1, 0.15) is 45.7 Å². The number of nitrogens with zero attached hydrogens (tertiary/aromatic N) is 1. The largest absolute Gasteiger partial charge is 0.490 e. The maximum atomic E-state index is 12.5. The van der Waals surface area contributed by atoms with E-state index in [4.69, 9.17) is 4.74 Å². The molecule has 0 saturated carbocycles. The van der Waals surface area contributed by atoms with E-state index in [0.717, 1.165) is 48.6 Å². The summed E-state index contributed by atoms with van der Waals surface area (Å²) >= 11 is 0. The lowest BCUT2D eigenvalue weighted by Gasteiger charge is -2.31. The number of carbonyl (C=O) groups is 1. The Balaban J connectivity index is 1.50. The molecular weight excluding hydrogens is 312 g/mol. The van der Waals surface area contributed by atoms with Crippen molar-refractivity contribution in [3.63, 3.8) is 0 Å². The fourth-order valence-corrected chi connectivity index (χ4v) is 3.47. The number of ether oxygens (including phenoxy) is 1. The van der Waals surface area contributed by atoms with Gasteiger partial charge in [-0.2, -0.15) is 0 Å². The highest BCUT2D eigenvalue weighted by Crippen LogP contribution is 2.22. The highest BCUT2D eigenvalue weighted by Gasteiger charge is 2.23. The Labute approximate surface area is 150 Å². The summed E-state index contributed by atoms with van der Waals surface area (Å²) in [6.45, 7) is 10.5. The van der Waals surface area contributed by atoms with Crippen LogP contribution in [0.15, 0.2) is 24.3 Å². The minimum Gasteiger partial charge on any atom is -0.490 e. The molecule has 0 atom stereocenters. The van der Waals surface area contributed by atoms with Gasteiger partial charge in [-0.15, -0.1) is 0 Å². The number of nitrogens with one attached hydrogen (secondary N) is 1. The SMILES string of the molecule is Cc1cc(C(=O)CN2CCC(Oc3ccc(C)c(C)c3)CC2)c(C)[nH]1. The van der Waals surface area contributed by atoms with Gasteiger partial charge in [-0.25, -0.2) is 0 Å². The van der Waals surface area contributed by atoms with Crippen LogP contribution in [0, 0.1) is 27.7 Å². The van der Waals surface area contributed by atoms with Crippen molar-refractivity contribution in [2.24, 2.45) is 0 Å². The fourth-order valence-electron chi connectivity index (χ4n) is 3.47. The summed E-state index contributed by atoms with van der Waals surface area (Å²) in [6, 6.07) is 8.23. The van der Waals surface area contributed by atoms with Crippen LogP contribution < -0.4 is 4.74 Å². The van der Waals surface area contributed by atoms with Gasteiger partial charge in [0.2, 0.25) is 0 Å². The van der Waals surface area contributed by atoms with Gasteiger partial charge in [-0.05, 0) is 69.9 Å². The van der Waals surface area contributed by atoms with E-state index in [2.05, 4.69) is 41.9 Å². The Morgan fingerprint density at radius 1 is 1.12 bits per heavy atom. The number of Topliss-reactive ketones (excluding diaryl/α,β-unsaturated/α-hetero) is 1. The van der Waals surface area contributed by atoms with Gasteiger partial charge in [0, 0.05) is 30.0 Å². The molecule has 0 radical (unpaired) electrons. The second kappa shape index (κ2) is 7.44. The summed E-state index contributed by atoms with van der Waals surface area (Å²) in [5.41, 5.74) is 5.39. The molecule has 1 aliphatic heterocycles. The Morgan fingerprint density at radius 3 is 2.44 bits per heavy atom. The first-order valence-electron chi connectivity index (χ1n) is 9.08. The van der Waals surface area contributed by atoms with E-state index in [0.29, 0.717) is 6.54 Å². The molecule has 1 aromatic heterocycles. The third-order valence-corrected chi connectivity index (χ3v) is 5.13. The number of hydrogen-bond acceptors (Lipinski definition) is 3. The third kappa shape index (κ3) is 4.31. The molecule has 1 fully saturated rings. The van der Waals surface area contributed by atoms with Crippen molar-refractivity contribution >= 4 is 5.78 Å². The summed E-state index contributed by atoms with van der Waals surface area (Å²) in [4.78, 5) is 17.9. The lowest BCUT2D eigenvalue weighted by Crippen LogP contribution is -2.40. The van der Waals surface area contributed by atoms with Crippen molar-refractivity contribution in [2.75, 3.05) is 19.6 Å². The first-order valence-corrected chi connectivity index (χ1v) is 9.08. The Bertz CT molecular complexity index is 755. The summed E-state index contributed by atoms with van der Waals surface area (Å²) in [7, 11) is 0. The molecule has 1 saturated heterocycles. The normalized spacial score (nSPS) is 16.2. The monoisotopic (exact) mass is 340 g/mol. The number of rotatable bonds is 5. The standard InChI is InChI=1S/C21H28N2O2/c1-14-5-6-19(11-15(14)2)25-18-7-9-23(10-8-18)13-21(24)20-12-16(3)22-17(20)4/h5-6,11-12,18,22H,7-10,13H2,1-4H3. The summed E-state index contributed by atoms with van der Waals surface area (Å²) < 4.78 is 6.13. The minimum absolute atomic E-state index is 0.204. The van der Waals surface area contributed by atoms with Gasteiger partial charge in [0.1, 0.15) is 11.9 Å². The van der Waals surface area contributed by atoms with Crippen LogP contribution in [0.25, 0.3) is 0 Å². The summed E-state index contributed by atoms with van der Waals surface area (Å²) in [5, 5.41) is 0. The van der Waals surface area contributed by atoms with E-state index in [1.165, 1.54) is 11.1 Å². The Morgan fingerprint density at radius 2 is 1.84 bits per heavy atom. The molecule has 4 nitrogen and oxygen atoms in total. The van der Waals surface area contributed by atoms with Gasteiger partial charge in [0.25, 0.3) is 0 Å². The zero-order chi connectivity index (χ0) is 18.0. The molecule has 1 aromatic carbocycles. The Hall–Kier alpha value is -2.07. The van der Waals surface area contributed by atoms with Gasteiger partial charge >= 0.3 is 0 Å². The molecule has 4 heteroatoms. The first-order chi connectivity index (χ1) is 11.9. The number of aromatic nitrogens is 1. The fraction of sp³-hybridized carbons (Fsp3) is 0.476. The molecular formula is C21H28N2O2. The number of benzene rings is 1. The van der Waals surface area contributed by atoms with Crippen LogP contribution in [0.4, 0.5) is 0 Å². The van der Waals surface area contributed by atoms with Crippen molar-refractivity contribution in [1.82, 2.24) is 9.88 Å². The molecule has 25 heavy (non-hydrogen) atoms. The number of aromatic amines is 1. The zero-order valence-corrected chi connectivity index (χ0v) is 15.7. The highest BCUT2D eigenvalue weighted by atomic mass is 16.5. The molecule has 2 aromatic rings. The third-order valence-electron chi connectivity index (χ3n) is 5.13. The van der Waals surface area contributed by atoms with Crippen LogP contribution >= 0.6 is 0 Å². The van der Waals surface area contributed by atoms with Gasteiger partial charge < -0.3 is 9.72 Å². The second-order valence-corrected chi connectivity index (χ2v) is 7.25. The molecule has 3 rings (SSSR count). The number of likely N-dealkylation sites (tertiary alicyclic amines) is 1. The van der Waals surface area contributed by atoms with Crippen LogP contribution in [0.3, 0.4) is 0 Å². The molecule has 0 aliphatic carbocycles.